The second kappa shape index (κ2) is 7.73. The normalized spacial score (nSPS) is 10.6. The molecule has 7 nitrogen and oxygen atoms in total. The molecule has 0 saturated heterocycles. The highest BCUT2D eigenvalue weighted by Gasteiger charge is 2.16. The topological polar surface area (TPSA) is 89.2 Å². The summed E-state index contributed by atoms with van der Waals surface area (Å²) in [5, 5.41) is 0. The van der Waals surface area contributed by atoms with Crippen LogP contribution in [-0.4, -0.2) is 34.6 Å². The van der Waals surface area contributed by atoms with E-state index >= 15 is 0 Å². The first-order valence-electron chi connectivity index (χ1n) is 6.74. The van der Waals surface area contributed by atoms with Gasteiger partial charge in [0.2, 0.25) is 11.9 Å². The number of nitrogens with one attached hydrogen (secondary N) is 1. The van der Waals surface area contributed by atoms with Crippen LogP contribution in [0.5, 0.6) is 6.01 Å². The first-order chi connectivity index (χ1) is 9.15. The SMILES string of the molecule is CCCOc1nc(NN)nc(N(C)C(CC)CC)n1. The van der Waals surface area contributed by atoms with E-state index in [4.69, 9.17) is 10.6 Å². The molecule has 0 aliphatic heterocycles. The summed E-state index contributed by atoms with van der Waals surface area (Å²) < 4.78 is 5.45. The molecular formula is C12H24N6O. The molecule has 0 aromatic carbocycles. The van der Waals surface area contributed by atoms with E-state index in [1.807, 2.05) is 18.9 Å². The van der Waals surface area contributed by atoms with Crippen LogP contribution in [0.1, 0.15) is 40.0 Å². The highest BCUT2D eigenvalue weighted by Crippen LogP contribution is 2.18. The van der Waals surface area contributed by atoms with Crippen molar-refractivity contribution in [2.75, 3.05) is 24.0 Å². The van der Waals surface area contributed by atoms with Gasteiger partial charge in [-0.25, -0.2) is 5.84 Å². The maximum Gasteiger partial charge on any atom is 0.323 e. The van der Waals surface area contributed by atoms with Crippen LogP contribution in [0.4, 0.5) is 11.9 Å². The smallest absolute Gasteiger partial charge is 0.323 e. The van der Waals surface area contributed by atoms with E-state index in [0.29, 0.717) is 30.6 Å². The predicted octanol–water partition coefficient (Wildman–Crippen LogP) is 1.57. The number of rotatable bonds is 8. The molecule has 0 spiro atoms. The number of ether oxygens (including phenoxy) is 1. The molecule has 7 heteroatoms. The van der Waals surface area contributed by atoms with Crippen molar-refractivity contribution in [1.82, 2.24) is 15.0 Å². The van der Waals surface area contributed by atoms with E-state index < -0.39 is 0 Å². The monoisotopic (exact) mass is 268 g/mol. The third-order valence-corrected chi connectivity index (χ3v) is 2.97. The van der Waals surface area contributed by atoms with Gasteiger partial charge in [0, 0.05) is 13.1 Å². The molecule has 108 valence electrons. The van der Waals surface area contributed by atoms with E-state index in [1.165, 1.54) is 0 Å². The van der Waals surface area contributed by atoms with Crippen molar-refractivity contribution in [1.29, 1.82) is 0 Å². The van der Waals surface area contributed by atoms with E-state index in [-0.39, 0.29) is 0 Å². The Kier molecular flexibility index (Phi) is 6.27. The second-order valence-electron chi connectivity index (χ2n) is 4.32. The van der Waals surface area contributed by atoms with Crippen LogP contribution in [0.25, 0.3) is 0 Å². The van der Waals surface area contributed by atoms with E-state index in [0.717, 1.165) is 19.3 Å². The van der Waals surface area contributed by atoms with E-state index in [2.05, 4.69) is 34.2 Å². The lowest BCUT2D eigenvalue weighted by atomic mass is 10.1. The zero-order valence-corrected chi connectivity index (χ0v) is 12.2. The third-order valence-electron chi connectivity index (χ3n) is 2.97. The quantitative estimate of drug-likeness (QED) is 0.546. The lowest BCUT2D eigenvalue weighted by Crippen LogP contribution is -2.32. The highest BCUT2D eigenvalue weighted by atomic mass is 16.5. The summed E-state index contributed by atoms with van der Waals surface area (Å²) in [6, 6.07) is 0.685. The molecule has 0 aliphatic rings. The highest BCUT2D eigenvalue weighted by molar-refractivity contribution is 5.37. The van der Waals surface area contributed by atoms with Crippen molar-refractivity contribution < 1.29 is 4.74 Å². The van der Waals surface area contributed by atoms with E-state index in [1.54, 1.807) is 0 Å². The Hall–Kier alpha value is -1.63. The van der Waals surface area contributed by atoms with Gasteiger partial charge in [0.1, 0.15) is 0 Å². The van der Waals surface area contributed by atoms with Gasteiger partial charge in [0.25, 0.3) is 0 Å². The molecule has 1 aromatic rings. The van der Waals surface area contributed by atoms with Crippen LogP contribution in [0, 0.1) is 0 Å². The fraction of sp³-hybridized carbons (Fsp3) is 0.750. The standard InChI is InChI=1S/C12H24N6O/c1-5-8-19-12-15-10(17-13)14-11(16-12)18(4)9(6-2)7-3/h9H,5-8,13H2,1-4H3,(H,14,15,16,17). The molecule has 0 atom stereocenters. The summed E-state index contributed by atoms with van der Waals surface area (Å²) in [6.45, 7) is 6.88. The second-order valence-corrected chi connectivity index (χ2v) is 4.32. The maximum absolute atomic E-state index is 5.45. The number of hydrogen-bond donors (Lipinski definition) is 2. The number of nitrogens with two attached hydrogens (primary N) is 1. The fourth-order valence-corrected chi connectivity index (χ4v) is 1.83. The molecule has 0 saturated carbocycles. The Labute approximate surface area is 114 Å². The van der Waals surface area contributed by atoms with Gasteiger partial charge in [-0.2, -0.15) is 15.0 Å². The molecule has 0 unspecified atom stereocenters. The number of nitrogens with zero attached hydrogens (tertiary/aromatic N) is 4. The molecule has 0 fully saturated rings. The van der Waals surface area contributed by atoms with Crippen LogP contribution >= 0.6 is 0 Å². The molecule has 1 rings (SSSR count). The third kappa shape index (κ3) is 4.20. The Bertz CT molecular complexity index is 382. The van der Waals surface area contributed by atoms with Crippen molar-refractivity contribution in [2.24, 2.45) is 5.84 Å². The van der Waals surface area contributed by atoms with Gasteiger partial charge >= 0.3 is 6.01 Å². The molecule has 19 heavy (non-hydrogen) atoms. The van der Waals surface area contributed by atoms with Crippen molar-refractivity contribution in [3.05, 3.63) is 0 Å². The minimum absolute atomic E-state index is 0.303. The van der Waals surface area contributed by atoms with Crippen LogP contribution in [-0.2, 0) is 0 Å². The molecule has 0 radical (unpaired) electrons. The Morgan fingerprint density at radius 1 is 1.21 bits per heavy atom. The van der Waals surface area contributed by atoms with Gasteiger partial charge in [-0.05, 0) is 19.3 Å². The number of aromatic nitrogens is 3. The summed E-state index contributed by atoms with van der Waals surface area (Å²) in [5.41, 5.74) is 2.45. The number of hydrazine groups is 1. The minimum atomic E-state index is 0.303. The van der Waals surface area contributed by atoms with Gasteiger partial charge in [0.05, 0.1) is 6.61 Å². The summed E-state index contributed by atoms with van der Waals surface area (Å²) in [5.74, 6) is 6.27. The molecule has 0 bridgehead atoms. The summed E-state index contributed by atoms with van der Waals surface area (Å²) in [4.78, 5) is 14.7. The van der Waals surface area contributed by atoms with Crippen LogP contribution < -0.4 is 20.9 Å². The summed E-state index contributed by atoms with van der Waals surface area (Å²) >= 11 is 0. The Morgan fingerprint density at radius 2 is 1.89 bits per heavy atom. The zero-order chi connectivity index (χ0) is 14.3. The molecule has 0 amide bonds. The Balaban J connectivity index is 2.98. The molecule has 0 aliphatic carbocycles. The van der Waals surface area contributed by atoms with Crippen molar-refractivity contribution in [3.8, 4) is 6.01 Å². The average molecular weight is 268 g/mol. The summed E-state index contributed by atoms with van der Waals surface area (Å²) in [6.07, 6.45) is 2.94. The van der Waals surface area contributed by atoms with Gasteiger partial charge < -0.3 is 9.64 Å². The van der Waals surface area contributed by atoms with Crippen molar-refractivity contribution >= 4 is 11.9 Å². The minimum Gasteiger partial charge on any atom is -0.463 e. The molecule has 1 heterocycles. The van der Waals surface area contributed by atoms with Gasteiger partial charge in [-0.1, -0.05) is 20.8 Å². The first kappa shape index (κ1) is 15.4. The number of anilines is 2. The maximum atomic E-state index is 5.45. The van der Waals surface area contributed by atoms with E-state index in [9.17, 15) is 0 Å². The Morgan fingerprint density at radius 3 is 2.42 bits per heavy atom. The van der Waals surface area contributed by atoms with Crippen LogP contribution in [0.15, 0.2) is 0 Å². The molecule has 3 N–H and O–H groups in total. The number of hydrogen-bond acceptors (Lipinski definition) is 7. The number of nitrogen functional groups attached to an aromatic ring is 1. The van der Waals surface area contributed by atoms with Gasteiger partial charge in [-0.15, -0.1) is 0 Å². The zero-order valence-electron chi connectivity index (χ0n) is 12.2. The lowest BCUT2D eigenvalue weighted by molar-refractivity contribution is 0.291. The van der Waals surface area contributed by atoms with Gasteiger partial charge in [-0.3, -0.25) is 5.43 Å². The van der Waals surface area contributed by atoms with Crippen LogP contribution in [0.2, 0.25) is 0 Å². The van der Waals surface area contributed by atoms with Crippen molar-refractivity contribution in [2.45, 2.75) is 46.1 Å². The van der Waals surface area contributed by atoms with Gasteiger partial charge in [0.15, 0.2) is 0 Å². The first-order valence-corrected chi connectivity index (χ1v) is 6.74. The van der Waals surface area contributed by atoms with Crippen LogP contribution in [0.3, 0.4) is 0 Å². The average Bonchev–Trinajstić information content (AvgIpc) is 2.45. The largest absolute Gasteiger partial charge is 0.463 e. The fourth-order valence-electron chi connectivity index (χ4n) is 1.83. The summed E-state index contributed by atoms with van der Waals surface area (Å²) in [7, 11) is 1.97. The predicted molar refractivity (Wildman–Crippen MR) is 76.2 cm³/mol. The molecular weight excluding hydrogens is 244 g/mol. The lowest BCUT2D eigenvalue weighted by Gasteiger charge is -2.26. The molecule has 1 aromatic heterocycles. The van der Waals surface area contributed by atoms with Crippen molar-refractivity contribution in [3.63, 3.8) is 0 Å².